The van der Waals surface area contributed by atoms with Crippen molar-refractivity contribution in [3.05, 3.63) is 23.8 Å². The second-order valence-electron chi connectivity index (χ2n) is 3.22. The Bertz CT molecular complexity index is 376. The Hall–Kier alpha value is -0.940. The van der Waals surface area contributed by atoms with E-state index in [2.05, 4.69) is 0 Å². The van der Waals surface area contributed by atoms with Crippen LogP contribution in [-0.2, 0) is 14.9 Å². The summed E-state index contributed by atoms with van der Waals surface area (Å²) in [5, 5.41) is 0. The molecule has 0 spiro atoms. The number of hydrogen-bond donors (Lipinski definition) is 1. The van der Waals surface area contributed by atoms with Crippen LogP contribution in [0.2, 0.25) is 0 Å². The summed E-state index contributed by atoms with van der Waals surface area (Å²) in [5.41, 5.74) is 0.918. The highest BCUT2D eigenvalue weighted by molar-refractivity contribution is 7.85. The van der Waals surface area contributed by atoms with Gasteiger partial charge in [0.25, 0.3) is 10.1 Å². The van der Waals surface area contributed by atoms with Gasteiger partial charge in [-0.25, -0.2) is 0 Å². The molecule has 0 heterocycles. The molecule has 0 bridgehead atoms. The van der Waals surface area contributed by atoms with Gasteiger partial charge in [-0.3, -0.25) is 9.35 Å². The van der Waals surface area contributed by atoms with Gasteiger partial charge in [-0.2, -0.15) is 8.42 Å². The maximum Gasteiger partial charge on any atom is 0.264 e. The molecule has 0 atom stereocenters. The fraction of sp³-hybridized carbons (Fsp3) is 0.444. The predicted molar refractivity (Wildman–Crippen MR) is 52.5 cm³/mol. The normalized spacial score (nSPS) is 16.9. The Morgan fingerprint density at radius 2 is 2.14 bits per heavy atom. The Labute approximate surface area is 83.1 Å². The average molecular weight is 216 g/mol. The summed E-state index contributed by atoms with van der Waals surface area (Å²) >= 11 is 0. The summed E-state index contributed by atoms with van der Waals surface area (Å²) in [4.78, 5) is 10.9. The van der Waals surface area contributed by atoms with Crippen LogP contribution in [0.4, 0.5) is 0 Å². The topological polar surface area (TPSA) is 71.4 Å². The Morgan fingerprint density at radius 1 is 1.43 bits per heavy atom. The average Bonchev–Trinajstić information content (AvgIpc) is 2.01. The molecule has 1 aliphatic rings. The van der Waals surface area contributed by atoms with Crippen molar-refractivity contribution in [3.63, 3.8) is 0 Å². The Morgan fingerprint density at radius 3 is 2.71 bits per heavy atom. The van der Waals surface area contributed by atoms with Crippen molar-refractivity contribution in [2.75, 3.05) is 5.75 Å². The van der Waals surface area contributed by atoms with E-state index < -0.39 is 10.1 Å². The van der Waals surface area contributed by atoms with Crippen LogP contribution in [0.15, 0.2) is 23.8 Å². The summed E-state index contributed by atoms with van der Waals surface area (Å²) in [7, 11) is -3.87. The van der Waals surface area contributed by atoms with E-state index in [0.717, 1.165) is 5.57 Å². The molecule has 1 N–H and O–H groups in total. The molecule has 0 aromatic heterocycles. The Kier molecular flexibility index (Phi) is 3.60. The van der Waals surface area contributed by atoms with Crippen LogP contribution in [0.1, 0.15) is 19.3 Å². The highest BCUT2D eigenvalue weighted by atomic mass is 32.2. The highest BCUT2D eigenvalue weighted by Gasteiger charge is 2.09. The first-order valence-electron chi connectivity index (χ1n) is 4.31. The van der Waals surface area contributed by atoms with Gasteiger partial charge in [0.1, 0.15) is 0 Å². The van der Waals surface area contributed by atoms with Gasteiger partial charge in [0, 0.05) is 6.42 Å². The van der Waals surface area contributed by atoms with Crippen molar-refractivity contribution >= 4 is 15.9 Å². The van der Waals surface area contributed by atoms with Crippen molar-refractivity contribution in [2.45, 2.75) is 19.3 Å². The zero-order chi connectivity index (χ0) is 10.6. The van der Waals surface area contributed by atoms with Gasteiger partial charge >= 0.3 is 0 Å². The number of rotatable bonds is 4. The Balaban J connectivity index is 2.36. The monoisotopic (exact) mass is 216 g/mol. The first-order chi connectivity index (χ1) is 6.47. The van der Waals surface area contributed by atoms with Gasteiger partial charge in [0.2, 0.25) is 0 Å². The lowest BCUT2D eigenvalue weighted by Crippen LogP contribution is -2.05. The minimum absolute atomic E-state index is 0.0364. The molecule has 78 valence electrons. The predicted octanol–water partition coefficient (Wildman–Crippen LogP) is 1.11. The summed E-state index contributed by atoms with van der Waals surface area (Å²) < 4.78 is 29.3. The number of allylic oxidation sites excluding steroid dienone is 4. The molecule has 0 aromatic carbocycles. The molecule has 0 saturated heterocycles. The summed E-state index contributed by atoms with van der Waals surface area (Å²) in [5.74, 6) is -0.211. The lowest BCUT2D eigenvalue weighted by Gasteiger charge is -2.06. The lowest BCUT2D eigenvalue weighted by atomic mass is 10.0. The lowest BCUT2D eigenvalue weighted by molar-refractivity contribution is -0.114. The first kappa shape index (κ1) is 11.1. The number of carbonyl (C=O) groups is 1. The van der Waals surface area contributed by atoms with E-state index in [4.69, 9.17) is 4.55 Å². The van der Waals surface area contributed by atoms with Crippen molar-refractivity contribution in [1.82, 2.24) is 0 Å². The quantitative estimate of drug-likeness (QED) is 0.714. The minimum Gasteiger partial charge on any atom is -0.295 e. The molecule has 4 nitrogen and oxygen atoms in total. The van der Waals surface area contributed by atoms with Crippen LogP contribution >= 0.6 is 0 Å². The molecule has 14 heavy (non-hydrogen) atoms. The number of carbonyl (C=O) groups excluding carboxylic acids is 1. The summed E-state index contributed by atoms with van der Waals surface area (Å²) in [6.07, 6.45) is 6.22. The fourth-order valence-electron chi connectivity index (χ4n) is 1.29. The van der Waals surface area contributed by atoms with Gasteiger partial charge in [0.15, 0.2) is 5.78 Å². The van der Waals surface area contributed by atoms with Gasteiger partial charge in [-0.05, 0) is 18.9 Å². The zero-order valence-corrected chi connectivity index (χ0v) is 8.46. The molecule has 1 rings (SSSR count). The molecule has 5 heteroatoms. The maximum absolute atomic E-state index is 10.9. The van der Waals surface area contributed by atoms with Crippen LogP contribution in [0.5, 0.6) is 0 Å². The summed E-state index contributed by atoms with van der Waals surface area (Å²) in [6, 6.07) is 0. The maximum atomic E-state index is 10.9. The molecule has 0 radical (unpaired) electrons. The molecule has 0 fully saturated rings. The van der Waals surface area contributed by atoms with Crippen molar-refractivity contribution in [3.8, 4) is 0 Å². The van der Waals surface area contributed by atoms with E-state index in [1.54, 1.807) is 6.08 Å². The van der Waals surface area contributed by atoms with Crippen LogP contribution in [0.25, 0.3) is 0 Å². The zero-order valence-electron chi connectivity index (χ0n) is 7.64. The van der Waals surface area contributed by atoms with Crippen LogP contribution in [0.3, 0.4) is 0 Å². The van der Waals surface area contributed by atoms with Crippen molar-refractivity contribution in [1.29, 1.82) is 0 Å². The van der Waals surface area contributed by atoms with Gasteiger partial charge in [-0.1, -0.05) is 17.7 Å². The van der Waals surface area contributed by atoms with E-state index in [9.17, 15) is 13.2 Å². The molecule has 0 saturated carbocycles. The second kappa shape index (κ2) is 4.52. The molecule has 0 amide bonds. The third kappa shape index (κ3) is 4.34. The number of hydrogen-bond acceptors (Lipinski definition) is 3. The van der Waals surface area contributed by atoms with E-state index >= 15 is 0 Å². The fourth-order valence-corrected chi connectivity index (χ4v) is 1.80. The van der Waals surface area contributed by atoms with Crippen LogP contribution in [0, 0.1) is 0 Å². The minimum atomic E-state index is -3.87. The molecular weight excluding hydrogens is 204 g/mol. The molecule has 0 aromatic rings. The van der Waals surface area contributed by atoms with Crippen LogP contribution < -0.4 is 0 Å². The van der Waals surface area contributed by atoms with Crippen LogP contribution in [-0.4, -0.2) is 24.5 Å². The molecule has 1 aliphatic carbocycles. The van der Waals surface area contributed by atoms with Gasteiger partial charge < -0.3 is 0 Å². The summed E-state index contributed by atoms with van der Waals surface area (Å²) in [6.45, 7) is 0. The van der Waals surface area contributed by atoms with Gasteiger partial charge in [0.05, 0.1) is 5.75 Å². The SMILES string of the molecule is O=C1C=CC=C(CCCS(=O)(=O)O)C1. The van der Waals surface area contributed by atoms with Gasteiger partial charge in [-0.15, -0.1) is 0 Å². The molecule has 0 unspecified atom stereocenters. The second-order valence-corrected chi connectivity index (χ2v) is 4.79. The van der Waals surface area contributed by atoms with Crippen molar-refractivity contribution < 1.29 is 17.8 Å². The number of ketones is 1. The molecular formula is C9H12O4S. The van der Waals surface area contributed by atoms with E-state index in [1.807, 2.05) is 6.08 Å². The van der Waals surface area contributed by atoms with E-state index in [0.29, 0.717) is 19.3 Å². The smallest absolute Gasteiger partial charge is 0.264 e. The first-order valence-corrected chi connectivity index (χ1v) is 5.92. The molecule has 0 aliphatic heterocycles. The van der Waals surface area contributed by atoms with E-state index in [-0.39, 0.29) is 11.5 Å². The largest absolute Gasteiger partial charge is 0.295 e. The van der Waals surface area contributed by atoms with E-state index in [1.165, 1.54) is 6.08 Å². The third-order valence-electron chi connectivity index (χ3n) is 1.92. The van der Waals surface area contributed by atoms with Crippen molar-refractivity contribution in [2.24, 2.45) is 0 Å². The standard InChI is InChI=1S/C9H12O4S/c10-9-5-1-3-8(7-9)4-2-6-14(11,12)13/h1,3,5H,2,4,6-7H2,(H,11,12,13). The third-order valence-corrected chi connectivity index (χ3v) is 2.72. The highest BCUT2D eigenvalue weighted by Crippen LogP contribution is 2.15.